The van der Waals surface area contributed by atoms with Crippen LogP contribution in [0.2, 0.25) is 25.7 Å². The molecule has 43 heavy (non-hydrogen) atoms. The third-order valence-electron chi connectivity index (χ3n) is 8.78. The fourth-order valence-electron chi connectivity index (χ4n) is 6.18. The first-order valence-electron chi connectivity index (χ1n) is 15.6. The van der Waals surface area contributed by atoms with Gasteiger partial charge >= 0.3 is 0 Å². The second-order valence-electron chi connectivity index (χ2n) is 13.6. The zero-order chi connectivity index (χ0) is 30.1. The second-order valence-corrected chi connectivity index (χ2v) is 19.2. The molecule has 11 heteroatoms. The van der Waals surface area contributed by atoms with Crippen molar-refractivity contribution in [2.24, 2.45) is 17.8 Å². The van der Waals surface area contributed by atoms with Gasteiger partial charge in [-0.3, -0.25) is 9.89 Å². The van der Waals surface area contributed by atoms with Gasteiger partial charge in [0.2, 0.25) is 5.91 Å². The minimum Gasteiger partial charge on any atom is -0.360 e. The van der Waals surface area contributed by atoms with E-state index in [0.29, 0.717) is 30.8 Å². The number of carbonyl (C=O) groups excluding carboxylic acids is 1. The number of nitrogens with one attached hydrogen (secondary N) is 3. The zero-order valence-corrected chi connectivity index (χ0v) is 27.0. The standard InChI is InChI=1S/C32H44N8O2Si/c1-20-28(21(2)40(39-20)19-42-16-17-43(3,4)5)22-10-12-25(13-11-22)34-32(41)30(29(23-6-7-23)24-8-9-24)31-35-27(37-38-31)18-26-14-15-33-36-26/h10-15,23-24,29-30H,6-9,16-19H2,1-5H3,(H,33,36)(H,34,41)(H,35,37,38). The SMILES string of the molecule is Cc1nn(COCC[Si](C)(C)C)c(C)c1-c1ccc(NC(=O)C(c2nnc(Cc3cc[nH]n3)[nH]2)C(C2CC2)C2CC2)cc1. The van der Waals surface area contributed by atoms with E-state index in [2.05, 4.69) is 69.4 Å². The number of hydrogen-bond donors (Lipinski definition) is 3. The molecule has 228 valence electrons. The Labute approximate surface area is 254 Å². The van der Waals surface area contributed by atoms with Crippen LogP contribution in [0.4, 0.5) is 5.69 Å². The summed E-state index contributed by atoms with van der Waals surface area (Å²) in [6.45, 7) is 12.4. The third-order valence-corrected chi connectivity index (χ3v) is 10.5. The van der Waals surface area contributed by atoms with Gasteiger partial charge in [-0.1, -0.05) is 31.8 Å². The van der Waals surface area contributed by atoms with Gasteiger partial charge < -0.3 is 15.0 Å². The first-order valence-corrected chi connectivity index (χ1v) is 19.3. The van der Waals surface area contributed by atoms with Gasteiger partial charge in [0.05, 0.1) is 17.8 Å². The highest BCUT2D eigenvalue weighted by Gasteiger charge is 2.49. The second kappa shape index (κ2) is 12.2. The fourth-order valence-corrected chi connectivity index (χ4v) is 6.93. The van der Waals surface area contributed by atoms with Crippen LogP contribution in [0.15, 0.2) is 36.5 Å². The molecule has 2 aliphatic rings. The lowest BCUT2D eigenvalue weighted by Gasteiger charge is -2.24. The number of hydrogen-bond acceptors (Lipinski definition) is 6. The molecule has 1 unspecified atom stereocenters. The molecule has 0 aliphatic heterocycles. The maximum absolute atomic E-state index is 14.0. The summed E-state index contributed by atoms with van der Waals surface area (Å²) in [5.74, 6) is 2.45. The van der Waals surface area contributed by atoms with Crippen molar-refractivity contribution < 1.29 is 9.53 Å². The molecule has 0 radical (unpaired) electrons. The van der Waals surface area contributed by atoms with E-state index in [4.69, 9.17) is 9.84 Å². The van der Waals surface area contributed by atoms with Crippen molar-refractivity contribution >= 4 is 19.7 Å². The lowest BCUT2D eigenvalue weighted by Crippen LogP contribution is -2.31. The van der Waals surface area contributed by atoms with Crippen LogP contribution in [0.25, 0.3) is 11.1 Å². The number of amides is 1. The number of anilines is 1. The Balaban J connectivity index is 1.16. The number of aromatic nitrogens is 7. The van der Waals surface area contributed by atoms with Gasteiger partial charge in [0.25, 0.3) is 0 Å². The van der Waals surface area contributed by atoms with Gasteiger partial charge in [-0.2, -0.15) is 10.2 Å². The summed E-state index contributed by atoms with van der Waals surface area (Å²) in [5.41, 5.74) is 5.89. The highest BCUT2D eigenvalue weighted by molar-refractivity contribution is 6.76. The molecule has 0 saturated heterocycles. The molecule has 3 aromatic heterocycles. The van der Waals surface area contributed by atoms with E-state index < -0.39 is 8.07 Å². The summed E-state index contributed by atoms with van der Waals surface area (Å²) < 4.78 is 7.91. The van der Waals surface area contributed by atoms with Crippen LogP contribution in [0.3, 0.4) is 0 Å². The van der Waals surface area contributed by atoms with Crippen LogP contribution in [0, 0.1) is 31.6 Å². The number of aromatic amines is 2. The summed E-state index contributed by atoms with van der Waals surface area (Å²) in [4.78, 5) is 17.3. The molecule has 10 nitrogen and oxygen atoms in total. The Hall–Kier alpha value is -3.57. The molecule has 0 spiro atoms. The van der Waals surface area contributed by atoms with Gasteiger partial charge in [0.1, 0.15) is 24.3 Å². The van der Waals surface area contributed by atoms with E-state index >= 15 is 0 Å². The Morgan fingerprint density at radius 3 is 2.42 bits per heavy atom. The quantitative estimate of drug-likeness (QED) is 0.119. The maximum Gasteiger partial charge on any atom is 0.235 e. The summed E-state index contributed by atoms with van der Waals surface area (Å²) in [7, 11) is -1.13. The van der Waals surface area contributed by atoms with Crippen LogP contribution < -0.4 is 5.32 Å². The number of benzene rings is 1. The van der Waals surface area contributed by atoms with Gasteiger partial charge in [0, 0.05) is 37.8 Å². The molecule has 2 aliphatic carbocycles. The van der Waals surface area contributed by atoms with Crippen LogP contribution in [-0.2, 0) is 22.7 Å². The Morgan fingerprint density at radius 2 is 1.79 bits per heavy atom. The number of nitrogens with zero attached hydrogens (tertiary/aromatic N) is 5. The number of aryl methyl sites for hydroxylation is 1. The molecular weight excluding hydrogens is 556 g/mol. The predicted molar refractivity (Wildman–Crippen MR) is 169 cm³/mol. The highest BCUT2D eigenvalue weighted by atomic mass is 28.3. The van der Waals surface area contributed by atoms with Crippen molar-refractivity contribution in [2.45, 2.75) is 84.3 Å². The maximum atomic E-state index is 14.0. The van der Waals surface area contributed by atoms with Crippen LogP contribution in [0.1, 0.15) is 60.3 Å². The van der Waals surface area contributed by atoms with E-state index in [0.717, 1.165) is 52.4 Å². The van der Waals surface area contributed by atoms with Crippen molar-refractivity contribution in [1.29, 1.82) is 0 Å². The molecule has 2 saturated carbocycles. The van der Waals surface area contributed by atoms with E-state index in [-0.39, 0.29) is 17.7 Å². The number of carbonyl (C=O) groups is 1. The summed E-state index contributed by atoms with van der Waals surface area (Å²) in [5, 5.41) is 23.9. The monoisotopic (exact) mass is 600 g/mol. The minimum atomic E-state index is -1.13. The Kier molecular flexibility index (Phi) is 8.37. The molecule has 4 aromatic rings. The normalized spacial score (nSPS) is 16.1. The van der Waals surface area contributed by atoms with Crippen molar-refractivity contribution in [1.82, 2.24) is 35.2 Å². The fraction of sp³-hybridized carbons (Fsp3) is 0.531. The van der Waals surface area contributed by atoms with E-state index in [1.54, 1.807) is 6.20 Å². The van der Waals surface area contributed by atoms with Crippen molar-refractivity contribution in [3.8, 4) is 11.1 Å². The van der Waals surface area contributed by atoms with Gasteiger partial charge in [-0.15, -0.1) is 10.2 Å². The molecule has 1 amide bonds. The molecular formula is C32H44N8O2Si. The van der Waals surface area contributed by atoms with Gasteiger partial charge in [-0.25, -0.2) is 4.68 Å². The molecule has 0 bridgehead atoms. The van der Waals surface area contributed by atoms with Crippen LogP contribution in [0.5, 0.6) is 0 Å². The lowest BCUT2D eigenvalue weighted by atomic mass is 9.82. The van der Waals surface area contributed by atoms with E-state index in [9.17, 15) is 4.79 Å². The van der Waals surface area contributed by atoms with Crippen LogP contribution >= 0.6 is 0 Å². The Morgan fingerprint density at radius 1 is 1.07 bits per heavy atom. The molecule has 1 atom stereocenters. The molecule has 3 N–H and O–H groups in total. The van der Waals surface area contributed by atoms with E-state index in [1.165, 1.54) is 25.7 Å². The molecule has 3 heterocycles. The minimum absolute atomic E-state index is 0.0188. The first kappa shape index (κ1) is 29.5. The Bertz CT molecular complexity index is 1520. The van der Waals surface area contributed by atoms with Gasteiger partial charge in [0.15, 0.2) is 0 Å². The van der Waals surface area contributed by atoms with Gasteiger partial charge in [-0.05, 0) is 87.1 Å². The average molecular weight is 601 g/mol. The predicted octanol–water partition coefficient (Wildman–Crippen LogP) is 6.07. The first-order chi connectivity index (χ1) is 20.7. The zero-order valence-electron chi connectivity index (χ0n) is 26.0. The topological polar surface area (TPSA) is 126 Å². The number of H-pyrrole nitrogens is 2. The van der Waals surface area contributed by atoms with Crippen LogP contribution in [-0.4, -0.2) is 55.7 Å². The summed E-state index contributed by atoms with van der Waals surface area (Å²) in [6.07, 6.45) is 7.08. The average Bonchev–Trinajstić information content (AvgIpc) is 3.86. The smallest absolute Gasteiger partial charge is 0.235 e. The number of rotatable bonds is 14. The molecule has 6 rings (SSSR count). The highest BCUT2D eigenvalue weighted by Crippen LogP contribution is 2.54. The third kappa shape index (κ3) is 7.15. The number of ether oxygens (including phenoxy) is 1. The van der Waals surface area contributed by atoms with Crippen molar-refractivity contribution in [2.75, 3.05) is 11.9 Å². The van der Waals surface area contributed by atoms with Crippen molar-refractivity contribution in [3.63, 3.8) is 0 Å². The van der Waals surface area contributed by atoms with Crippen molar-refractivity contribution in [3.05, 3.63) is 65.3 Å². The summed E-state index contributed by atoms with van der Waals surface area (Å²) >= 11 is 0. The molecule has 1 aromatic carbocycles. The lowest BCUT2D eigenvalue weighted by molar-refractivity contribution is -0.119. The largest absolute Gasteiger partial charge is 0.360 e. The summed E-state index contributed by atoms with van der Waals surface area (Å²) in [6, 6.07) is 11.2. The van der Waals surface area contributed by atoms with E-state index in [1.807, 2.05) is 29.8 Å². The molecule has 2 fully saturated rings.